The van der Waals surface area contributed by atoms with E-state index in [9.17, 15) is 18.7 Å². The number of carboxylic acids is 1. The molecule has 110 valence electrons. The fourth-order valence-corrected chi connectivity index (χ4v) is 2.42. The predicted molar refractivity (Wildman–Crippen MR) is 77.9 cm³/mol. The van der Waals surface area contributed by atoms with Crippen LogP contribution in [0, 0.1) is 11.6 Å². The van der Waals surface area contributed by atoms with Gasteiger partial charge in [-0.25, -0.2) is 13.6 Å². The van der Waals surface area contributed by atoms with E-state index in [0.717, 1.165) is 12.1 Å². The molecule has 0 spiro atoms. The highest BCUT2D eigenvalue weighted by Crippen LogP contribution is 2.38. The smallest absolute Gasteiger partial charge is 0.335 e. The number of aromatic hydroxyl groups is 1. The van der Waals surface area contributed by atoms with Gasteiger partial charge >= 0.3 is 5.97 Å². The molecule has 3 rings (SSSR count). The van der Waals surface area contributed by atoms with Gasteiger partial charge < -0.3 is 10.2 Å². The van der Waals surface area contributed by atoms with E-state index in [0.29, 0.717) is 10.8 Å². The van der Waals surface area contributed by atoms with Crippen LogP contribution < -0.4 is 0 Å². The van der Waals surface area contributed by atoms with E-state index in [2.05, 4.69) is 0 Å². The van der Waals surface area contributed by atoms with Crippen LogP contribution in [-0.4, -0.2) is 16.2 Å². The highest BCUT2D eigenvalue weighted by atomic mass is 19.1. The Hall–Kier alpha value is -2.95. The van der Waals surface area contributed by atoms with Crippen molar-refractivity contribution in [2.45, 2.75) is 0 Å². The number of carbonyl (C=O) groups is 1. The highest BCUT2D eigenvalue weighted by molar-refractivity contribution is 6.02. The SMILES string of the molecule is O=C(O)c1ccc2cccc(-c3c(F)ccc(F)c3O)c2c1. The standard InChI is InChI=1S/C17H10F2O3/c18-13-6-7-14(19)16(20)15(13)11-3-1-2-9-4-5-10(17(21)22)8-12(9)11/h1-8,20H,(H,21,22). The third-order valence-electron chi connectivity index (χ3n) is 3.48. The summed E-state index contributed by atoms with van der Waals surface area (Å²) in [5.41, 5.74) is -0.0283. The Kier molecular flexibility index (Phi) is 3.25. The summed E-state index contributed by atoms with van der Waals surface area (Å²) in [7, 11) is 0. The maximum absolute atomic E-state index is 14.1. The van der Waals surface area contributed by atoms with E-state index >= 15 is 0 Å². The molecule has 0 saturated carbocycles. The van der Waals surface area contributed by atoms with Crippen molar-refractivity contribution in [2.75, 3.05) is 0 Å². The fraction of sp³-hybridized carbons (Fsp3) is 0. The average molecular weight is 300 g/mol. The molecule has 0 atom stereocenters. The fourth-order valence-electron chi connectivity index (χ4n) is 2.42. The molecular formula is C17H10F2O3. The van der Waals surface area contributed by atoms with Gasteiger partial charge in [-0.2, -0.15) is 0 Å². The first-order valence-electron chi connectivity index (χ1n) is 6.42. The second-order valence-electron chi connectivity index (χ2n) is 4.80. The first-order chi connectivity index (χ1) is 10.5. The van der Waals surface area contributed by atoms with Crippen LogP contribution in [0.15, 0.2) is 48.5 Å². The Morgan fingerprint density at radius 3 is 2.41 bits per heavy atom. The quantitative estimate of drug-likeness (QED) is 0.746. The lowest BCUT2D eigenvalue weighted by molar-refractivity contribution is 0.0697. The number of hydrogen-bond acceptors (Lipinski definition) is 2. The van der Waals surface area contributed by atoms with Gasteiger partial charge in [-0.3, -0.25) is 0 Å². The molecule has 0 radical (unpaired) electrons. The molecule has 0 aliphatic heterocycles. The molecule has 0 saturated heterocycles. The van der Waals surface area contributed by atoms with Gasteiger partial charge in [0.1, 0.15) is 5.82 Å². The molecule has 2 N–H and O–H groups in total. The van der Waals surface area contributed by atoms with Crippen molar-refractivity contribution in [1.29, 1.82) is 0 Å². The molecule has 5 heteroatoms. The lowest BCUT2D eigenvalue weighted by Gasteiger charge is -2.11. The van der Waals surface area contributed by atoms with Crippen LogP contribution in [0.3, 0.4) is 0 Å². The summed E-state index contributed by atoms with van der Waals surface area (Å²) >= 11 is 0. The first kappa shape index (κ1) is 14.0. The lowest BCUT2D eigenvalue weighted by atomic mass is 9.95. The Bertz CT molecular complexity index is 904. The number of aromatic carboxylic acids is 1. The topological polar surface area (TPSA) is 57.5 Å². The molecule has 0 aromatic heterocycles. The number of halogens is 2. The van der Waals surface area contributed by atoms with Gasteiger partial charge in [0.05, 0.1) is 11.1 Å². The second kappa shape index (κ2) is 5.11. The molecule has 3 aromatic rings. The molecule has 0 amide bonds. The molecule has 0 heterocycles. The van der Waals surface area contributed by atoms with Crippen LogP contribution in [0.2, 0.25) is 0 Å². The number of benzene rings is 3. The van der Waals surface area contributed by atoms with Crippen molar-refractivity contribution in [1.82, 2.24) is 0 Å². The van der Waals surface area contributed by atoms with Gasteiger partial charge in [-0.05, 0) is 40.6 Å². The third kappa shape index (κ3) is 2.16. The number of phenols is 1. The Labute approximate surface area is 124 Å². The second-order valence-corrected chi connectivity index (χ2v) is 4.80. The zero-order chi connectivity index (χ0) is 15.9. The van der Waals surface area contributed by atoms with Crippen molar-refractivity contribution in [2.24, 2.45) is 0 Å². The number of hydrogen-bond donors (Lipinski definition) is 2. The van der Waals surface area contributed by atoms with Crippen molar-refractivity contribution in [3.8, 4) is 16.9 Å². The first-order valence-corrected chi connectivity index (χ1v) is 6.42. The summed E-state index contributed by atoms with van der Waals surface area (Å²) in [5, 5.41) is 20.0. The van der Waals surface area contributed by atoms with Gasteiger partial charge in [0.2, 0.25) is 0 Å². The lowest BCUT2D eigenvalue weighted by Crippen LogP contribution is -1.96. The van der Waals surface area contributed by atoms with E-state index < -0.39 is 23.4 Å². The van der Waals surface area contributed by atoms with Crippen LogP contribution >= 0.6 is 0 Å². The van der Waals surface area contributed by atoms with E-state index in [1.54, 1.807) is 18.2 Å². The van der Waals surface area contributed by atoms with E-state index in [-0.39, 0.29) is 16.7 Å². The van der Waals surface area contributed by atoms with E-state index in [1.165, 1.54) is 18.2 Å². The molecule has 3 aromatic carbocycles. The van der Waals surface area contributed by atoms with Gasteiger partial charge in [-0.1, -0.05) is 24.3 Å². The van der Waals surface area contributed by atoms with Crippen molar-refractivity contribution >= 4 is 16.7 Å². The van der Waals surface area contributed by atoms with Crippen LogP contribution in [0.1, 0.15) is 10.4 Å². The summed E-state index contributed by atoms with van der Waals surface area (Å²) in [6.07, 6.45) is 0. The number of rotatable bonds is 2. The molecule has 0 bridgehead atoms. The molecule has 0 aliphatic rings. The van der Waals surface area contributed by atoms with Crippen LogP contribution in [0.5, 0.6) is 5.75 Å². The highest BCUT2D eigenvalue weighted by Gasteiger charge is 2.17. The van der Waals surface area contributed by atoms with Crippen LogP contribution in [-0.2, 0) is 0 Å². The summed E-state index contributed by atoms with van der Waals surface area (Å²) in [6.45, 7) is 0. The van der Waals surface area contributed by atoms with Gasteiger partial charge in [-0.15, -0.1) is 0 Å². The maximum Gasteiger partial charge on any atom is 0.335 e. The molecule has 0 fully saturated rings. The Morgan fingerprint density at radius 2 is 1.68 bits per heavy atom. The Morgan fingerprint density at radius 1 is 0.955 bits per heavy atom. The van der Waals surface area contributed by atoms with Crippen molar-refractivity contribution in [3.05, 3.63) is 65.7 Å². The van der Waals surface area contributed by atoms with Gasteiger partial charge in [0.25, 0.3) is 0 Å². The minimum absolute atomic E-state index is 0.0243. The molecule has 0 aliphatic carbocycles. The maximum atomic E-state index is 14.1. The summed E-state index contributed by atoms with van der Waals surface area (Å²) in [5.74, 6) is -3.65. The molecule has 0 unspecified atom stereocenters. The monoisotopic (exact) mass is 300 g/mol. The predicted octanol–water partition coefficient (Wildman–Crippen LogP) is 4.19. The summed E-state index contributed by atoms with van der Waals surface area (Å²) in [6, 6.07) is 11.0. The molecular weight excluding hydrogens is 290 g/mol. The van der Waals surface area contributed by atoms with E-state index in [4.69, 9.17) is 5.11 Å². The summed E-state index contributed by atoms with van der Waals surface area (Å²) in [4.78, 5) is 11.1. The molecule has 22 heavy (non-hydrogen) atoms. The van der Waals surface area contributed by atoms with Crippen LogP contribution in [0.4, 0.5) is 8.78 Å². The number of carboxylic acid groups (broad SMARTS) is 1. The largest absolute Gasteiger partial charge is 0.504 e. The zero-order valence-electron chi connectivity index (χ0n) is 11.2. The zero-order valence-corrected chi connectivity index (χ0v) is 11.2. The minimum atomic E-state index is -1.12. The van der Waals surface area contributed by atoms with Gasteiger partial charge in [0, 0.05) is 0 Å². The number of phenolic OH excluding ortho intramolecular Hbond substituents is 1. The van der Waals surface area contributed by atoms with Gasteiger partial charge in [0.15, 0.2) is 11.6 Å². The van der Waals surface area contributed by atoms with E-state index in [1.807, 2.05) is 0 Å². The minimum Gasteiger partial charge on any atom is -0.504 e. The number of fused-ring (bicyclic) bond motifs is 1. The van der Waals surface area contributed by atoms with Crippen LogP contribution in [0.25, 0.3) is 21.9 Å². The average Bonchev–Trinajstić information content (AvgIpc) is 2.51. The third-order valence-corrected chi connectivity index (χ3v) is 3.48. The molecule has 3 nitrogen and oxygen atoms in total. The Balaban J connectivity index is 2.39. The normalized spacial score (nSPS) is 10.8. The van der Waals surface area contributed by atoms with Crippen molar-refractivity contribution < 1.29 is 23.8 Å². The van der Waals surface area contributed by atoms with Crippen molar-refractivity contribution in [3.63, 3.8) is 0 Å². The summed E-state index contributed by atoms with van der Waals surface area (Å²) < 4.78 is 27.6.